The van der Waals surface area contributed by atoms with Crippen molar-refractivity contribution in [1.82, 2.24) is 4.98 Å². The fourth-order valence-corrected chi connectivity index (χ4v) is 1.79. The van der Waals surface area contributed by atoms with E-state index >= 15 is 0 Å². The summed E-state index contributed by atoms with van der Waals surface area (Å²) in [6, 6.07) is 5.48. The first kappa shape index (κ1) is 11.9. The second-order valence-electron chi connectivity index (χ2n) is 3.78. The Morgan fingerprint density at radius 1 is 1.53 bits per heavy atom. The van der Waals surface area contributed by atoms with Crippen LogP contribution in [-0.2, 0) is 4.79 Å². The number of amides is 1. The minimum Gasteiger partial charge on any atom is -0.441 e. The van der Waals surface area contributed by atoms with Crippen LogP contribution in [0.15, 0.2) is 22.6 Å². The largest absolute Gasteiger partial charge is 0.441 e. The van der Waals surface area contributed by atoms with Crippen LogP contribution < -0.4 is 4.90 Å². The molecule has 4 nitrogen and oxygen atoms in total. The molecule has 1 aromatic carbocycles. The Kier molecular flexibility index (Phi) is 3.33. The molecular weight excluding hydrogens is 240 g/mol. The van der Waals surface area contributed by atoms with E-state index in [1.165, 1.54) is 0 Å². The van der Waals surface area contributed by atoms with Crippen molar-refractivity contribution in [3.05, 3.63) is 24.1 Å². The summed E-state index contributed by atoms with van der Waals surface area (Å²) < 4.78 is 5.37. The van der Waals surface area contributed by atoms with E-state index in [0.29, 0.717) is 18.2 Å². The molecule has 0 bridgehead atoms. The van der Waals surface area contributed by atoms with Crippen molar-refractivity contribution in [2.45, 2.75) is 13.3 Å². The summed E-state index contributed by atoms with van der Waals surface area (Å²) in [5.41, 5.74) is 2.27. The highest BCUT2D eigenvalue weighted by Crippen LogP contribution is 2.22. The lowest BCUT2D eigenvalue weighted by Crippen LogP contribution is -2.26. The molecule has 0 radical (unpaired) electrons. The summed E-state index contributed by atoms with van der Waals surface area (Å²) in [4.78, 5) is 17.5. The number of benzene rings is 1. The van der Waals surface area contributed by atoms with Crippen LogP contribution in [0.1, 0.15) is 12.3 Å². The summed E-state index contributed by atoms with van der Waals surface area (Å²) in [6.45, 7) is 1.79. The molecule has 0 atom stereocenters. The van der Waals surface area contributed by atoms with Crippen molar-refractivity contribution in [2.75, 3.05) is 17.8 Å². The third kappa shape index (κ3) is 2.42. The van der Waals surface area contributed by atoms with Crippen molar-refractivity contribution in [2.24, 2.45) is 0 Å². The molecule has 0 aliphatic heterocycles. The lowest BCUT2D eigenvalue weighted by atomic mass is 10.2. The van der Waals surface area contributed by atoms with E-state index in [-0.39, 0.29) is 5.91 Å². The van der Waals surface area contributed by atoms with Crippen molar-refractivity contribution in [3.8, 4) is 0 Å². The average Bonchev–Trinajstić information content (AvgIpc) is 2.67. The number of fused-ring (bicyclic) bond motifs is 1. The highest BCUT2D eigenvalue weighted by atomic mass is 35.5. The Morgan fingerprint density at radius 3 is 3.00 bits per heavy atom. The zero-order valence-corrected chi connectivity index (χ0v) is 10.5. The van der Waals surface area contributed by atoms with Gasteiger partial charge in [0.1, 0.15) is 5.52 Å². The van der Waals surface area contributed by atoms with Gasteiger partial charge in [0.2, 0.25) is 5.91 Å². The number of halogens is 1. The lowest BCUT2D eigenvalue weighted by molar-refractivity contribution is -0.117. The first-order chi connectivity index (χ1) is 8.11. The maximum absolute atomic E-state index is 11.7. The van der Waals surface area contributed by atoms with Crippen molar-refractivity contribution < 1.29 is 9.21 Å². The Balaban J connectivity index is 2.32. The van der Waals surface area contributed by atoms with Crippen LogP contribution in [0.2, 0.25) is 0 Å². The molecule has 0 saturated heterocycles. The van der Waals surface area contributed by atoms with Gasteiger partial charge in [0.25, 0.3) is 0 Å². The van der Waals surface area contributed by atoms with Crippen LogP contribution in [0.5, 0.6) is 0 Å². The van der Waals surface area contributed by atoms with Crippen molar-refractivity contribution in [1.29, 1.82) is 0 Å². The van der Waals surface area contributed by atoms with Gasteiger partial charge in [0.05, 0.1) is 0 Å². The molecule has 90 valence electrons. The SMILES string of the molecule is Cc1nc2cc(N(C)C(=O)CCCl)ccc2o1. The number of aromatic nitrogens is 1. The second kappa shape index (κ2) is 4.75. The second-order valence-corrected chi connectivity index (χ2v) is 4.15. The molecule has 1 amide bonds. The van der Waals surface area contributed by atoms with Gasteiger partial charge in [-0.2, -0.15) is 0 Å². The van der Waals surface area contributed by atoms with E-state index in [4.69, 9.17) is 16.0 Å². The fourth-order valence-electron chi connectivity index (χ4n) is 1.63. The highest BCUT2D eigenvalue weighted by molar-refractivity contribution is 6.19. The lowest BCUT2D eigenvalue weighted by Gasteiger charge is -2.16. The van der Waals surface area contributed by atoms with Crippen LogP contribution >= 0.6 is 11.6 Å². The van der Waals surface area contributed by atoms with E-state index in [0.717, 1.165) is 16.8 Å². The van der Waals surface area contributed by atoms with Crippen LogP contribution in [0.4, 0.5) is 5.69 Å². The van der Waals surface area contributed by atoms with E-state index in [1.807, 2.05) is 18.2 Å². The van der Waals surface area contributed by atoms with Gasteiger partial charge in [-0.1, -0.05) is 0 Å². The van der Waals surface area contributed by atoms with Crippen LogP contribution in [0.25, 0.3) is 11.1 Å². The number of anilines is 1. The smallest absolute Gasteiger partial charge is 0.227 e. The number of carbonyl (C=O) groups is 1. The minimum atomic E-state index is -0.0143. The predicted molar refractivity (Wildman–Crippen MR) is 67.5 cm³/mol. The molecule has 0 N–H and O–H groups in total. The molecule has 0 unspecified atom stereocenters. The van der Waals surface area contributed by atoms with Gasteiger partial charge in [-0.05, 0) is 18.2 Å². The number of hydrogen-bond acceptors (Lipinski definition) is 3. The standard InChI is InChI=1S/C12H13ClN2O2/c1-8-14-10-7-9(3-4-11(10)17-8)15(2)12(16)5-6-13/h3-4,7H,5-6H2,1-2H3. The van der Waals surface area contributed by atoms with E-state index < -0.39 is 0 Å². The van der Waals surface area contributed by atoms with Gasteiger partial charge in [-0.3, -0.25) is 4.79 Å². The van der Waals surface area contributed by atoms with Gasteiger partial charge in [-0.15, -0.1) is 11.6 Å². The Bertz CT molecular complexity index is 550. The number of hydrogen-bond donors (Lipinski definition) is 0. The number of rotatable bonds is 3. The molecule has 0 fully saturated rings. The maximum Gasteiger partial charge on any atom is 0.227 e. The van der Waals surface area contributed by atoms with Crippen LogP contribution in [0, 0.1) is 6.92 Å². The third-order valence-corrected chi connectivity index (χ3v) is 2.74. The molecule has 2 aromatic rings. The normalized spacial score (nSPS) is 10.8. The summed E-state index contributed by atoms with van der Waals surface area (Å²) in [7, 11) is 1.73. The van der Waals surface area contributed by atoms with Gasteiger partial charge < -0.3 is 9.32 Å². The average molecular weight is 253 g/mol. The first-order valence-electron chi connectivity index (χ1n) is 5.31. The van der Waals surface area contributed by atoms with Gasteiger partial charge in [-0.25, -0.2) is 4.98 Å². The summed E-state index contributed by atoms with van der Waals surface area (Å²) >= 11 is 5.55. The van der Waals surface area contributed by atoms with E-state index in [1.54, 1.807) is 18.9 Å². The Labute approximate surface area is 104 Å². The van der Waals surface area contributed by atoms with Crippen LogP contribution in [0.3, 0.4) is 0 Å². The number of carbonyl (C=O) groups excluding carboxylic acids is 1. The van der Waals surface area contributed by atoms with Gasteiger partial charge >= 0.3 is 0 Å². The molecule has 0 saturated carbocycles. The highest BCUT2D eigenvalue weighted by Gasteiger charge is 2.11. The zero-order chi connectivity index (χ0) is 12.4. The summed E-state index contributed by atoms with van der Waals surface area (Å²) in [5.74, 6) is 0.931. The number of nitrogens with zero attached hydrogens (tertiary/aromatic N) is 2. The Morgan fingerprint density at radius 2 is 2.29 bits per heavy atom. The van der Waals surface area contributed by atoms with Gasteiger partial charge in [0.15, 0.2) is 11.5 Å². The molecular formula is C12H13ClN2O2. The molecule has 2 rings (SSSR count). The van der Waals surface area contributed by atoms with Crippen molar-refractivity contribution in [3.63, 3.8) is 0 Å². The number of aryl methyl sites for hydroxylation is 1. The maximum atomic E-state index is 11.7. The topological polar surface area (TPSA) is 46.3 Å². The molecule has 0 aliphatic rings. The molecule has 0 spiro atoms. The molecule has 5 heteroatoms. The molecule has 17 heavy (non-hydrogen) atoms. The van der Waals surface area contributed by atoms with Crippen LogP contribution in [-0.4, -0.2) is 23.8 Å². The zero-order valence-electron chi connectivity index (χ0n) is 9.74. The fraction of sp³-hybridized carbons (Fsp3) is 0.333. The van der Waals surface area contributed by atoms with Gasteiger partial charge in [0, 0.05) is 32.0 Å². The first-order valence-corrected chi connectivity index (χ1v) is 5.85. The van der Waals surface area contributed by atoms with E-state index in [2.05, 4.69) is 4.98 Å². The molecule has 1 aromatic heterocycles. The quantitative estimate of drug-likeness (QED) is 0.789. The summed E-state index contributed by atoms with van der Waals surface area (Å²) in [5, 5.41) is 0. The number of alkyl halides is 1. The molecule has 0 aliphatic carbocycles. The molecule has 1 heterocycles. The third-order valence-electron chi connectivity index (χ3n) is 2.55. The predicted octanol–water partition coefficient (Wildman–Crippen LogP) is 2.73. The Hall–Kier alpha value is -1.55. The minimum absolute atomic E-state index is 0.0143. The van der Waals surface area contributed by atoms with E-state index in [9.17, 15) is 4.79 Å². The monoisotopic (exact) mass is 252 g/mol. The summed E-state index contributed by atoms with van der Waals surface area (Å²) in [6.07, 6.45) is 0.327. The number of oxazole rings is 1. The van der Waals surface area contributed by atoms with Crippen molar-refractivity contribution >= 4 is 34.3 Å².